The largest absolute Gasteiger partial charge is 0.493 e. The Bertz CT molecular complexity index is 826. The molecule has 0 aromatic heterocycles. The first-order valence-electron chi connectivity index (χ1n) is 19.0. The fourth-order valence-electron chi connectivity index (χ4n) is 5.68. The van der Waals surface area contributed by atoms with Crippen LogP contribution < -0.4 is 15.4 Å². The Labute approximate surface area is 272 Å². The van der Waals surface area contributed by atoms with Gasteiger partial charge in [-0.3, -0.25) is 9.59 Å². The standard InChI is InChI=1S/C39H70N2O3/c1-4-7-10-13-14-15-16-17-18-19-20-21-22-25-28-33-44-37-34-35(38(42)40-31-26-23-11-8-5-2)29-30-36(37)39(43)41-32-27-24-12-9-6-3/h29-30,34H,4-28,31-33H2,1-3H3,(H,40,42)(H,41,43). The van der Waals surface area contributed by atoms with Crippen molar-refractivity contribution in [3.05, 3.63) is 29.3 Å². The van der Waals surface area contributed by atoms with Gasteiger partial charge < -0.3 is 15.4 Å². The SMILES string of the molecule is CCCCCCCCCCCCCCCCCOc1cc(C(=O)NCCCCCCC)ccc1C(=O)NCCCCCCC. The molecule has 254 valence electrons. The molecule has 0 atom stereocenters. The summed E-state index contributed by atoms with van der Waals surface area (Å²) in [7, 11) is 0. The average Bonchev–Trinajstić information content (AvgIpc) is 3.03. The van der Waals surface area contributed by atoms with Crippen molar-refractivity contribution < 1.29 is 14.3 Å². The van der Waals surface area contributed by atoms with Crippen molar-refractivity contribution in [3.8, 4) is 5.75 Å². The molecule has 0 saturated heterocycles. The zero-order valence-corrected chi connectivity index (χ0v) is 29.3. The van der Waals surface area contributed by atoms with Crippen LogP contribution in [0.3, 0.4) is 0 Å². The monoisotopic (exact) mass is 615 g/mol. The topological polar surface area (TPSA) is 67.4 Å². The first-order chi connectivity index (χ1) is 21.6. The molecule has 0 unspecified atom stereocenters. The van der Waals surface area contributed by atoms with Crippen molar-refractivity contribution in [3.63, 3.8) is 0 Å². The zero-order chi connectivity index (χ0) is 31.9. The Hall–Kier alpha value is -2.04. The Kier molecular flexibility index (Phi) is 27.0. The normalized spacial score (nSPS) is 11.1. The minimum Gasteiger partial charge on any atom is -0.493 e. The van der Waals surface area contributed by atoms with Crippen LogP contribution in [-0.4, -0.2) is 31.5 Å². The van der Waals surface area contributed by atoms with Gasteiger partial charge in [0.2, 0.25) is 0 Å². The molecule has 1 aromatic rings. The van der Waals surface area contributed by atoms with Gasteiger partial charge in [-0.25, -0.2) is 0 Å². The van der Waals surface area contributed by atoms with Crippen LogP contribution in [0.5, 0.6) is 5.75 Å². The second-order valence-corrected chi connectivity index (χ2v) is 12.8. The van der Waals surface area contributed by atoms with Crippen LogP contribution in [0.1, 0.15) is 202 Å². The van der Waals surface area contributed by atoms with Crippen LogP contribution in [-0.2, 0) is 0 Å². The van der Waals surface area contributed by atoms with Crippen LogP contribution in [0.2, 0.25) is 0 Å². The highest BCUT2D eigenvalue weighted by atomic mass is 16.5. The van der Waals surface area contributed by atoms with E-state index in [1.54, 1.807) is 18.2 Å². The Morgan fingerprint density at radius 1 is 0.500 bits per heavy atom. The smallest absolute Gasteiger partial charge is 0.255 e. The lowest BCUT2D eigenvalue weighted by atomic mass is 10.0. The summed E-state index contributed by atoms with van der Waals surface area (Å²) in [5, 5.41) is 6.10. The zero-order valence-electron chi connectivity index (χ0n) is 29.3. The molecule has 5 nitrogen and oxygen atoms in total. The number of nitrogens with one attached hydrogen (secondary N) is 2. The molecule has 0 aliphatic rings. The average molecular weight is 615 g/mol. The maximum atomic E-state index is 13.0. The molecular weight excluding hydrogens is 544 g/mol. The van der Waals surface area contributed by atoms with Gasteiger partial charge in [0.1, 0.15) is 5.75 Å². The maximum absolute atomic E-state index is 13.0. The predicted molar refractivity (Wildman–Crippen MR) is 189 cm³/mol. The van der Waals surface area contributed by atoms with E-state index in [0.717, 1.165) is 38.5 Å². The van der Waals surface area contributed by atoms with Crippen molar-refractivity contribution in [1.29, 1.82) is 0 Å². The lowest BCUT2D eigenvalue weighted by Gasteiger charge is -2.14. The molecule has 0 aliphatic heterocycles. The summed E-state index contributed by atoms with van der Waals surface area (Å²) in [5.74, 6) is 0.310. The van der Waals surface area contributed by atoms with Gasteiger partial charge in [-0.05, 0) is 37.5 Å². The maximum Gasteiger partial charge on any atom is 0.255 e. The fraction of sp³-hybridized carbons (Fsp3) is 0.795. The van der Waals surface area contributed by atoms with Gasteiger partial charge in [-0.2, -0.15) is 0 Å². The van der Waals surface area contributed by atoms with E-state index >= 15 is 0 Å². The Morgan fingerprint density at radius 3 is 1.34 bits per heavy atom. The number of ether oxygens (including phenoxy) is 1. The van der Waals surface area contributed by atoms with Gasteiger partial charge in [-0.15, -0.1) is 0 Å². The van der Waals surface area contributed by atoms with Crippen LogP contribution in [0, 0.1) is 0 Å². The molecule has 1 rings (SSSR count). The summed E-state index contributed by atoms with van der Waals surface area (Å²) in [5.41, 5.74) is 1.08. The number of rotatable bonds is 31. The summed E-state index contributed by atoms with van der Waals surface area (Å²) >= 11 is 0. The third-order valence-corrected chi connectivity index (χ3v) is 8.63. The van der Waals surface area contributed by atoms with E-state index in [1.165, 1.54) is 122 Å². The molecule has 0 spiro atoms. The molecule has 2 amide bonds. The molecule has 2 N–H and O–H groups in total. The summed E-state index contributed by atoms with van der Waals surface area (Å²) in [6, 6.07) is 5.27. The summed E-state index contributed by atoms with van der Waals surface area (Å²) in [6.45, 7) is 8.61. The molecule has 5 heteroatoms. The number of carbonyl (C=O) groups excluding carboxylic acids is 2. The van der Waals surface area contributed by atoms with Crippen LogP contribution in [0.15, 0.2) is 18.2 Å². The quantitative estimate of drug-likeness (QED) is 0.0818. The minimum atomic E-state index is -0.116. The van der Waals surface area contributed by atoms with E-state index in [9.17, 15) is 9.59 Å². The lowest BCUT2D eigenvalue weighted by Crippen LogP contribution is -2.26. The Balaban J connectivity index is 2.41. The summed E-state index contributed by atoms with van der Waals surface area (Å²) < 4.78 is 6.15. The van der Waals surface area contributed by atoms with Gasteiger partial charge >= 0.3 is 0 Å². The molecular formula is C39H70N2O3. The number of benzene rings is 1. The summed E-state index contributed by atoms with van der Waals surface area (Å²) in [6.07, 6.45) is 31.5. The molecule has 0 saturated carbocycles. The van der Waals surface area contributed by atoms with E-state index in [1.807, 2.05) is 0 Å². The lowest BCUT2D eigenvalue weighted by molar-refractivity contribution is 0.0937. The third kappa shape index (κ3) is 21.6. The van der Waals surface area contributed by atoms with Gasteiger partial charge in [0.15, 0.2) is 0 Å². The molecule has 0 radical (unpaired) electrons. The second kappa shape index (κ2) is 29.7. The fourth-order valence-corrected chi connectivity index (χ4v) is 5.68. The summed E-state index contributed by atoms with van der Waals surface area (Å²) in [4.78, 5) is 25.8. The third-order valence-electron chi connectivity index (χ3n) is 8.63. The van der Waals surface area contributed by atoms with E-state index in [-0.39, 0.29) is 11.8 Å². The number of unbranched alkanes of at least 4 members (excludes halogenated alkanes) is 22. The van der Waals surface area contributed by atoms with E-state index in [2.05, 4.69) is 31.4 Å². The molecule has 0 bridgehead atoms. The van der Waals surface area contributed by atoms with E-state index in [4.69, 9.17) is 4.74 Å². The van der Waals surface area contributed by atoms with Crippen LogP contribution >= 0.6 is 0 Å². The highest BCUT2D eigenvalue weighted by Gasteiger charge is 2.16. The number of carbonyl (C=O) groups is 2. The highest BCUT2D eigenvalue weighted by Crippen LogP contribution is 2.22. The van der Waals surface area contributed by atoms with Crippen molar-refractivity contribution in [2.24, 2.45) is 0 Å². The van der Waals surface area contributed by atoms with Crippen molar-refractivity contribution in [2.45, 2.75) is 181 Å². The number of hydrogen-bond acceptors (Lipinski definition) is 3. The molecule has 0 aliphatic carbocycles. The van der Waals surface area contributed by atoms with Crippen molar-refractivity contribution in [2.75, 3.05) is 19.7 Å². The highest BCUT2D eigenvalue weighted by molar-refractivity contribution is 6.00. The van der Waals surface area contributed by atoms with Crippen LogP contribution in [0.25, 0.3) is 0 Å². The first-order valence-corrected chi connectivity index (χ1v) is 19.0. The molecule has 1 aromatic carbocycles. The van der Waals surface area contributed by atoms with Gasteiger partial charge in [0, 0.05) is 18.7 Å². The van der Waals surface area contributed by atoms with Gasteiger partial charge in [-0.1, -0.05) is 162 Å². The Morgan fingerprint density at radius 2 is 0.886 bits per heavy atom. The van der Waals surface area contributed by atoms with Crippen molar-refractivity contribution in [1.82, 2.24) is 10.6 Å². The predicted octanol–water partition coefficient (Wildman–Crippen LogP) is 11.3. The number of hydrogen-bond donors (Lipinski definition) is 2. The minimum absolute atomic E-state index is 0.0970. The number of amides is 2. The van der Waals surface area contributed by atoms with E-state index in [0.29, 0.717) is 36.6 Å². The first kappa shape index (κ1) is 40.0. The van der Waals surface area contributed by atoms with Crippen LogP contribution in [0.4, 0.5) is 0 Å². The van der Waals surface area contributed by atoms with E-state index < -0.39 is 0 Å². The molecule has 0 fully saturated rings. The van der Waals surface area contributed by atoms with Gasteiger partial charge in [0.05, 0.1) is 12.2 Å². The second-order valence-electron chi connectivity index (χ2n) is 12.8. The van der Waals surface area contributed by atoms with Gasteiger partial charge in [0.25, 0.3) is 11.8 Å². The molecule has 0 heterocycles. The molecule has 44 heavy (non-hydrogen) atoms. The van der Waals surface area contributed by atoms with Crippen molar-refractivity contribution >= 4 is 11.8 Å².